The van der Waals surface area contributed by atoms with E-state index in [-0.39, 0.29) is 60.3 Å². The van der Waals surface area contributed by atoms with Gasteiger partial charge in [0.15, 0.2) is 17.3 Å². The molecule has 40 heavy (non-hydrogen) atoms. The van der Waals surface area contributed by atoms with E-state index in [2.05, 4.69) is 5.32 Å². The minimum atomic E-state index is -1.42. The van der Waals surface area contributed by atoms with Gasteiger partial charge in [0, 0.05) is 29.8 Å². The van der Waals surface area contributed by atoms with Crippen LogP contribution in [0.2, 0.25) is 0 Å². The lowest BCUT2D eigenvalue weighted by Gasteiger charge is -2.46. The number of aliphatic hydroxyl groups is 3. The van der Waals surface area contributed by atoms with Crippen molar-refractivity contribution < 1.29 is 44.0 Å². The third kappa shape index (κ3) is 3.47. The number of hydrogen-bond acceptors (Lipinski definition) is 10. The number of ketones is 2. The SMILES string of the molecule is CN(C)[C@@H]1C(O)=C(C(N)=O)C(=O)C2C(=O)C3=C(O)c4c(O)c5c(c(F)c4C[C@H]3CC21)CN1C[C@@H](O)C[C@H]1C(=O)N5. The van der Waals surface area contributed by atoms with Crippen molar-refractivity contribution in [2.75, 3.05) is 26.0 Å². The summed E-state index contributed by atoms with van der Waals surface area (Å²) in [5, 5.41) is 46.0. The number of nitrogens with zero attached hydrogens (tertiary/aromatic N) is 2. The van der Waals surface area contributed by atoms with Crippen LogP contribution in [-0.4, -0.2) is 92.4 Å². The predicted octanol–water partition coefficient (Wildman–Crippen LogP) is -0.124. The molecular weight excluding hydrogens is 527 g/mol. The highest BCUT2D eigenvalue weighted by molar-refractivity contribution is 6.28. The summed E-state index contributed by atoms with van der Waals surface area (Å²) in [6.07, 6.45) is -0.622. The van der Waals surface area contributed by atoms with Gasteiger partial charge in [-0.15, -0.1) is 0 Å². The van der Waals surface area contributed by atoms with Crippen molar-refractivity contribution in [3.63, 3.8) is 0 Å². The number of carbonyl (C=O) groups excluding carboxylic acids is 4. The van der Waals surface area contributed by atoms with E-state index < -0.39 is 88.0 Å². The lowest BCUT2D eigenvalue weighted by Crippen LogP contribution is -2.55. The van der Waals surface area contributed by atoms with Crippen molar-refractivity contribution in [2.45, 2.75) is 44.0 Å². The van der Waals surface area contributed by atoms with E-state index in [9.17, 15) is 39.6 Å². The number of anilines is 1. The number of nitrogens with two attached hydrogens (primary N) is 1. The maximum absolute atomic E-state index is 16.2. The van der Waals surface area contributed by atoms with Gasteiger partial charge in [0.1, 0.15) is 22.9 Å². The highest BCUT2D eigenvalue weighted by atomic mass is 19.1. The number of fused-ring (bicyclic) bond motifs is 5. The molecule has 2 unspecified atom stereocenters. The number of hydrogen-bond donors (Lipinski definition) is 6. The van der Waals surface area contributed by atoms with E-state index in [4.69, 9.17) is 5.73 Å². The minimum Gasteiger partial charge on any atom is -0.510 e. The van der Waals surface area contributed by atoms with Crippen LogP contribution < -0.4 is 11.1 Å². The third-order valence-corrected chi connectivity index (χ3v) is 9.06. The molecule has 6 atom stereocenters. The summed E-state index contributed by atoms with van der Waals surface area (Å²) in [6, 6.07) is -1.63. The first-order valence-corrected chi connectivity index (χ1v) is 13.0. The summed E-state index contributed by atoms with van der Waals surface area (Å²) in [4.78, 5) is 55.2. The van der Waals surface area contributed by atoms with E-state index in [0.29, 0.717) is 0 Å². The second kappa shape index (κ2) is 8.85. The first-order chi connectivity index (χ1) is 18.8. The number of nitrogens with one attached hydrogen (secondary N) is 1. The molecule has 1 saturated carbocycles. The number of benzene rings is 1. The van der Waals surface area contributed by atoms with E-state index >= 15 is 4.39 Å². The Labute approximate surface area is 227 Å². The van der Waals surface area contributed by atoms with Crippen LogP contribution in [0, 0.1) is 23.6 Å². The van der Waals surface area contributed by atoms with Gasteiger partial charge in [-0.3, -0.25) is 29.0 Å². The van der Waals surface area contributed by atoms with Crippen molar-refractivity contribution in [3.8, 4) is 5.75 Å². The number of amides is 2. The molecule has 13 heteroatoms. The second-order valence-electron chi connectivity index (χ2n) is 11.5. The van der Waals surface area contributed by atoms with Gasteiger partial charge in [-0.1, -0.05) is 0 Å². The molecule has 2 fully saturated rings. The number of phenols is 1. The molecule has 212 valence electrons. The van der Waals surface area contributed by atoms with E-state index in [1.807, 2.05) is 0 Å². The van der Waals surface area contributed by atoms with Gasteiger partial charge in [0.05, 0.1) is 35.4 Å². The largest absolute Gasteiger partial charge is 0.510 e. The molecular formula is C27H29FN4O8. The van der Waals surface area contributed by atoms with E-state index in [1.165, 1.54) is 0 Å². The van der Waals surface area contributed by atoms with Gasteiger partial charge in [-0.2, -0.15) is 0 Å². The van der Waals surface area contributed by atoms with E-state index in [0.717, 1.165) is 0 Å². The molecule has 0 spiro atoms. The zero-order valence-corrected chi connectivity index (χ0v) is 21.8. The Balaban J connectivity index is 1.49. The van der Waals surface area contributed by atoms with Gasteiger partial charge in [-0.05, 0) is 45.2 Å². The molecule has 0 bridgehead atoms. The van der Waals surface area contributed by atoms with Gasteiger partial charge in [0.25, 0.3) is 5.91 Å². The molecule has 0 radical (unpaired) electrons. The van der Waals surface area contributed by atoms with Crippen LogP contribution in [-0.2, 0) is 32.1 Å². The van der Waals surface area contributed by atoms with Crippen molar-refractivity contribution in [2.24, 2.45) is 23.5 Å². The van der Waals surface area contributed by atoms with Crippen molar-refractivity contribution in [1.82, 2.24) is 9.80 Å². The maximum Gasteiger partial charge on any atom is 0.255 e. The second-order valence-corrected chi connectivity index (χ2v) is 11.5. The average molecular weight is 557 g/mol. The highest BCUT2D eigenvalue weighted by Crippen LogP contribution is 2.53. The monoisotopic (exact) mass is 556 g/mol. The summed E-state index contributed by atoms with van der Waals surface area (Å²) >= 11 is 0. The normalized spacial score (nSPS) is 31.8. The van der Waals surface area contributed by atoms with Gasteiger partial charge in [-0.25, -0.2) is 4.39 Å². The molecule has 2 heterocycles. The Bertz CT molecular complexity index is 1480. The van der Waals surface area contributed by atoms with Gasteiger partial charge in [0.2, 0.25) is 5.91 Å². The molecule has 6 rings (SSSR count). The third-order valence-electron chi connectivity index (χ3n) is 9.06. The Kier molecular flexibility index (Phi) is 5.84. The minimum absolute atomic E-state index is 0.00292. The molecule has 1 aromatic rings. The van der Waals surface area contributed by atoms with Gasteiger partial charge < -0.3 is 31.5 Å². The molecule has 2 aliphatic heterocycles. The first kappa shape index (κ1) is 26.4. The number of aliphatic hydroxyl groups excluding tert-OH is 3. The number of likely N-dealkylation sites (N-methyl/N-ethyl adjacent to an activating group) is 1. The van der Waals surface area contributed by atoms with Crippen molar-refractivity contribution in [1.29, 1.82) is 0 Å². The zero-order chi connectivity index (χ0) is 28.9. The Morgan fingerprint density at radius 2 is 1.80 bits per heavy atom. The van der Waals surface area contributed by atoms with Crippen LogP contribution in [0.3, 0.4) is 0 Å². The maximum atomic E-state index is 16.2. The number of halogens is 1. The number of rotatable bonds is 2. The number of allylic oxidation sites excluding steroid dienone is 1. The first-order valence-electron chi connectivity index (χ1n) is 13.0. The fourth-order valence-corrected chi connectivity index (χ4v) is 7.43. The molecule has 1 aromatic carbocycles. The van der Waals surface area contributed by atoms with Crippen LogP contribution in [0.1, 0.15) is 29.5 Å². The Morgan fingerprint density at radius 3 is 2.45 bits per heavy atom. The van der Waals surface area contributed by atoms with E-state index in [1.54, 1.807) is 23.9 Å². The van der Waals surface area contributed by atoms with Crippen LogP contribution in [0.4, 0.5) is 10.1 Å². The number of primary amides is 1. The average Bonchev–Trinajstić information content (AvgIpc) is 3.17. The standard InChI is InChI=1S/C27H29FN4O8/c1-31(2)20-11-4-8-3-10-15(21(34)14(8)22(35)16(11)23(36)17(25(20)38)26(29)39)24(37)19-12(18(10)28)7-32-6-9(33)5-13(32)27(40)30-19/h8-9,11,13,16,20,33-34,37-38H,3-7H2,1-2H3,(H2,29,39)(H,30,40)/t8-,9-,11?,13-,16?,20-/m0/s1. The summed E-state index contributed by atoms with van der Waals surface area (Å²) in [6.45, 7) is 0.0778. The van der Waals surface area contributed by atoms with Crippen LogP contribution in [0.15, 0.2) is 16.9 Å². The molecule has 3 aliphatic carbocycles. The van der Waals surface area contributed by atoms with Crippen LogP contribution in [0.5, 0.6) is 5.75 Å². The summed E-state index contributed by atoms with van der Waals surface area (Å²) in [7, 11) is 3.22. The highest BCUT2D eigenvalue weighted by Gasteiger charge is 2.56. The summed E-state index contributed by atoms with van der Waals surface area (Å²) in [5.41, 5.74) is 3.93. The molecule has 2 amide bonds. The fraction of sp³-hybridized carbons (Fsp3) is 0.481. The molecule has 0 aromatic heterocycles. The smallest absolute Gasteiger partial charge is 0.255 e. The predicted molar refractivity (Wildman–Crippen MR) is 136 cm³/mol. The molecule has 12 nitrogen and oxygen atoms in total. The van der Waals surface area contributed by atoms with Crippen molar-refractivity contribution >= 4 is 34.8 Å². The number of aromatic hydroxyl groups is 1. The lowest BCUT2D eigenvalue weighted by atomic mass is 9.59. The lowest BCUT2D eigenvalue weighted by molar-refractivity contribution is -0.136. The Hall–Kier alpha value is -3.81. The number of Topliss-reactive ketones (excluding diaryl/α,β-unsaturated/α-hetero) is 2. The molecule has 5 aliphatic rings. The topological polar surface area (TPSA) is 194 Å². The quantitative estimate of drug-likeness (QED) is 0.162. The van der Waals surface area contributed by atoms with Crippen molar-refractivity contribution in [3.05, 3.63) is 39.4 Å². The Morgan fingerprint density at radius 1 is 1.10 bits per heavy atom. The van der Waals surface area contributed by atoms with Crippen LogP contribution in [0.25, 0.3) is 5.76 Å². The summed E-state index contributed by atoms with van der Waals surface area (Å²) in [5.74, 6) is -9.02. The number of phenolic OH excluding ortho intramolecular Hbond substituents is 1. The zero-order valence-electron chi connectivity index (χ0n) is 21.8. The van der Waals surface area contributed by atoms with Crippen LogP contribution >= 0.6 is 0 Å². The molecule has 1 saturated heterocycles. The summed E-state index contributed by atoms with van der Waals surface area (Å²) < 4.78 is 16.2. The van der Waals surface area contributed by atoms with Gasteiger partial charge >= 0.3 is 0 Å². The fourth-order valence-electron chi connectivity index (χ4n) is 7.43. The molecule has 7 N–H and O–H groups in total. The number of carbonyl (C=O) groups is 4.